The van der Waals surface area contributed by atoms with Crippen molar-refractivity contribution in [3.63, 3.8) is 0 Å². The third-order valence-electron chi connectivity index (χ3n) is 10.3. The fourth-order valence-corrected chi connectivity index (χ4v) is 9.40. The number of pyridine rings is 1. The number of fused-ring (bicyclic) bond motifs is 1. The molecule has 3 fully saturated rings. The molecule has 2 saturated carbocycles. The molecular weight excluding hydrogens is 772 g/mol. The number of benzene rings is 2. The summed E-state index contributed by atoms with van der Waals surface area (Å²) < 4.78 is 67.3. The van der Waals surface area contributed by atoms with Crippen molar-refractivity contribution in [3.05, 3.63) is 66.3 Å². The summed E-state index contributed by atoms with van der Waals surface area (Å²) in [5.41, 5.74) is -1.92. The van der Waals surface area contributed by atoms with Gasteiger partial charge in [0.2, 0.25) is 37.7 Å². The number of methoxy groups -OCH3 is 1. The van der Waals surface area contributed by atoms with Crippen molar-refractivity contribution < 1.29 is 40.7 Å². The Morgan fingerprint density at radius 1 is 1.09 bits per heavy atom. The van der Waals surface area contributed by atoms with Gasteiger partial charge in [0.15, 0.2) is 0 Å². The van der Waals surface area contributed by atoms with Crippen LogP contribution in [0.25, 0.3) is 10.8 Å². The molecular formula is C37H45ClN6O9S2. The number of aromatic nitrogens is 1. The first-order valence-electron chi connectivity index (χ1n) is 17.7. The number of carbonyl (C=O) groups excluding carboxylic acids is 3. The number of nitrogens with one attached hydrogen (secondary N) is 4. The van der Waals surface area contributed by atoms with Gasteiger partial charge in [0.25, 0.3) is 5.91 Å². The van der Waals surface area contributed by atoms with E-state index in [1.54, 1.807) is 56.0 Å². The van der Waals surface area contributed by atoms with E-state index in [2.05, 4.69) is 31.6 Å². The molecule has 3 amide bonds. The minimum atomic E-state index is -3.95. The second-order valence-electron chi connectivity index (χ2n) is 15.1. The highest BCUT2D eigenvalue weighted by molar-refractivity contribution is 7.91. The zero-order valence-electron chi connectivity index (χ0n) is 31.1. The topological polar surface area (TPSA) is 202 Å². The van der Waals surface area contributed by atoms with Crippen LogP contribution >= 0.6 is 11.6 Å². The summed E-state index contributed by atoms with van der Waals surface area (Å²) in [5.74, 6) is -2.03. The highest BCUT2D eigenvalue weighted by atomic mass is 35.5. The van der Waals surface area contributed by atoms with Crippen LogP contribution in [0.1, 0.15) is 46.5 Å². The summed E-state index contributed by atoms with van der Waals surface area (Å²) >= 11 is 6.34. The predicted octanol–water partition coefficient (Wildman–Crippen LogP) is 3.35. The van der Waals surface area contributed by atoms with Crippen LogP contribution in [0, 0.1) is 11.3 Å². The first-order valence-corrected chi connectivity index (χ1v) is 21.1. The number of rotatable bonds is 14. The average Bonchev–Trinajstić information content (AvgIpc) is 4.07. The van der Waals surface area contributed by atoms with E-state index in [1.165, 1.54) is 38.6 Å². The predicted molar refractivity (Wildman–Crippen MR) is 207 cm³/mol. The molecule has 1 aromatic heterocycles. The smallest absolute Gasteiger partial charge is 0.254 e. The van der Waals surface area contributed by atoms with Crippen LogP contribution in [0.2, 0.25) is 5.02 Å². The van der Waals surface area contributed by atoms with E-state index < -0.39 is 78.1 Å². The van der Waals surface area contributed by atoms with Crippen LogP contribution in [0.4, 0.5) is 5.69 Å². The molecule has 2 aliphatic carbocycles. The number of nitrogens with zero attached hydrogens (tertiary/aromatic N) is 2. The zero-order chi connectivity index (χ0) is 40.1. The molecule has 2 heterocycles. The molecule has 2 aromatic carbocycles. The van der Waals surface area contributed by atoms with E-state index >= 15 is 0 Å². The fraction of sp³-hybridized carbons (Fsp3) is 0.459. The SMILES string of the molecule is C=C[C@@H]1C[C@@]1(C(=O)NS(=O)(=O)C1CC1)N1C[C@H](Oc2ncc(OC)c3ccc(Cl)cc23)C[C@H]1C(=O)NC(=O)[C@@H](Nc1cccc(S(=O)(=O)NC)c1)C(C)(C)C. The van der Waals surface area contributed by atoms with Gasteiger partial charge in [-0.3, -0.25) is 29.3 Å². The van der Waals surface area contributed by atoms with Crippen molar-refractivity contribution in [3.8, 4) is 11.6 Å². The van der Waals surface area contributed by atoms with E-state index in [4.69, 9.17) is 21.1 Å². The minimum Gasteiger partial charge on any atom is -0.494 e. The van der Waals surface area contributed by atoms with Crippen LogP contribution < -0.4 is 29.6 Å². The van der Waals surface area contributed by atoms with Gasteiger partial charge in [-0.25, -0.2) is 26.5 Å². The monoisotopic (exact) mass is 816 g/mol. The van der Waals surface area contributed by atoms with Gasteiger partial charge in [0.1, 0.15) is 23.4 Å². The van der Waals surface area contributed by atoms with Crippen LogP contribution in [-0.4, -0.2) is 94.1 Å². The third kappa shape index (κ3) is 8.17. The highest BCUT2D eigenvalue weighted by Gasteiger charge is 2.67. The highest BCUT2D eigenvalue weighted by Crippen LogP contribution is 2.53. The Morgan fingerprint density at radius 2 is 1.82 bits per heavy atom. The van der Waals surface area contributed by atoms with Crippen LogP contribution in [-0.2, 0) is 34.4 Å². The molecule has 3 aromatic rings. The van der Waals surface area contributed by atoms with E-state index in [0.29, 0.717) is 40.1 Å². The maximum absolute atomic E-state index is 14.3. The number of amides is 3. The number of halogens is 1. The van der Waals surface area contributed by atoms with Crippen molar-refractivity contribution >= 4 is 65.8 Å². The van der Waals surface area contributed by atoms with Crippen molar-refractivity contribution in [2.45, 2.75) is 80.3 Å². The summed E-state index contributed by atoms with van der Waals surface area (Å²) in [6, 6.07) is 8.90. The van der Waals surface area contributed by atoms with Gasteiger partial charge >= 0.3 is 0 Å². The van der Waals surface area contributed by atoms with E-state index in [0.717, 1.165) is 0 Å². The normalized spacial score (nSPS) is 23.4. The van der Waals surface area contributed by atoms with E-state index in [-0.39, 0.29) is 30.2 Å². The van der Waals surface area contributed by atoms with Gasteiger partial charge in [-0.05, 0) is 68.1 Å². The summed E-state index contributed by atoms with van der Waals surface area (Å²) in [6.07, 6.45) is 3.37. The zero-order valence-corrected chi connectivity index (χ0v) is 33.5. The molecule has 0 spiro atoms. The number of carbonyl (C=O) groups is 3. The molecule has 1 saturated heterocycles. The quantitative estimate of drug-likeness (QED) is 0.173. The van der Waals surface area contributed by atoms with Gasteiger partial charge < -0.3 is 14.8 Å². The van der Waals surface area contributed by atoms with Gasteiger partial charge in [0, 0.05) is 40.4 Å². The van der Waals surface area contributed by atoms with Crippen LogP contribution in [0.5, 0.6) is 11.6 Å². The average molecular weight is 817 g/mol. The maximum Gasteiger partial charge on any atom is 0.254 e. The van der Waals surface area contributed by atoms with Crippen molar-refractivity contribution in [1.29, 1.82) is 0 Å². The summed E-state index contributed by atoms with van der Waals surface area (Å²) in [7, 11) is -4.93. The Hall–Kier alpha value is -4.29. The number of likely N-dealkylation sites (tertiary alicyclic amines) is 1. The Morgan fingerprint density at radius 3 is 2.44 bits per heavy atom. The molecule has 1 aliphatic heterocycles. The lowest BCUT2D eigenvalue weighted by Crippen LogP contribution is -2.59. The fourth-order valence-electron chi connectivity index (χ4n) is 7.10. The molecule has 18 heteroatoms. The first-order chi connectivity index (χ1) is 25.8. The molecule has 6 rings (SSSR count). The summed E-state index contributed by atoms with van der Waals surface area (Å²) in [5, 5.41) is 6.60. The van der Waals surface area contributed by atoms with Crippen molar-refractivity contribution in [2.24, 2.45) is 11.3 Å². The number of sulfonamides is 2. The number of hydrogen-bond donors (Lipinski definition) is 4. The Balaban J connectivity index is 1.31. The molecule has 296 valence electrons. The number of ether oxygens (including phenoxy) is 2. The van der Waals surface area contributed by atoms with Gasteiger partial charge in [-0.15, -0.1) is 6.58 Å². The van der Waals surface area contributed by atoms with Gasteiger partial charge in [0.05, 0.1) is 29.5 Å². The van der Waals surface area contributed by atoms with Gasteiger partial charge in [-0.2, -0.15) is 0 Å². The van der Waals surface area contributed by atoms with Crippen molar-refractivity contribution in [2.75, 3.05) is 26.0 Å². The second kappa shape index (κ2) is 15.0. The van der Waals surface area contributed by atoms with Crippen LogP contribution in [0.15, 0.2) is 66.2 Å². The molecule has 55 heavy (non-hydrogen) atoms. The Kier molecular flexibility index (Phi) is 11.0. The lowest BCUT2D eigenvalue weighted by atomic mass is 9.85. The maximum atomic E-state index is 14.3. The first kappa shape index (κ1) is 40.4. The van der Waals surface area contributed by atoms with Crippen LogP contribution in [0.3, 0.4) is 0 Å². The Bertz CT molecular complexity index is 2260. The second-order valence-corrected chi connectivity index (χ2v) is 19.4. The van der Waals surface area contributed by atoms with Crippen molar-refractivity contribution in [1.82, 2.24) is 24.6 Å². The van der Waals surface area contributed by atoms with E-state index in [9.17, 15) is 31.2 Å². The lowest BCUT2D eigenvalue weighted by molar-refractivity contribution is -0.136. The standard InChI is InChI=1S/C37H45ClN6O9S2/c1-7-21-18-37(21,35(47)43-55(50,51)25-12-13-25)44-20-24(53-34-28-15-22(38)11-14-27(28)30(52-6)19-40-34)17-29(44)32(45)42-33(46)31(36(2,3)4)41-23-9-8-10-26(16-23)54(48,49)39-5/h7-11,14-16,19,21,24-25,29,31,39,41H,1,12-13,17-18,20H2,2-6H3,(H,43,47)(H,42,45,46)/t21-,24-,29+,31-,37-/m1/s1. The molecule has 0 radical (unpaired) electrons. The molecule has 5 atom stereocenters. The molecule has 0 bridgehead atoms. The summed E-state index contributed by atoms with van der Waals surface area (Å²) in [4.78, 5) is 48.4. The minimum absolute atomic E-state index is 0.000680. The molecule has 0 unspecified atom stereocenters. The largest absolute Gasteiger partial charge is 0.494 e. The Labute approximate surface area is 325 Å². The molecule has 3 aliphatic rings. The van der Waals surface area contributed by atoms with E-state index in [1.807, 2.05) is 0 Å². The third-order valence-corrected chi connectivity index (χ3v) is 13.8. The molecule has 15 nitrogen and oxygen atoms in total. The number of imide groups is 1. The summed E-state index contributed by atoms with van der Waals surface area (Å²) in [6.45, 7) is 9.22. The lowest BCUT2D eigenvalue weighted by Gasteiger charge is -2.34. The number of hydrogen-bond acceptors (Lipinski definition) is 12. The number of anilines is 1. The molecule has 4 N–H and O–H groups in total. The van der Waals surface area contributed by atoms with Gasteiger partial charge in [-0.1, -0.05) is 44.5 Å².